The Morgan fingerprint density at radius 2 is 1.87 bits per heavy atom. The van der Waals surface area contributed by atoms with Gasteiger partial charge in [0.1, 0.15) is 5.82 Å². The number of hydrogen-bond donors (Lipinski definition) is 2. The molecule has 160 valence electrons. The number of imide groups is 1. The van der Waals surface area contributed by atoms with E-state index >= 15 is 0 Å². The van der Waals surface area contributed by atoms with E-state index in [0.29, 0.717) is 23.5 Å². The highest BCUT2D eigenvalue weighted by Crippen LogP contribution is 2.25. The molecule has 2 aliphatic rings. The van der Waals surface area contributed by atoms with Gasteiger partial charge in [-0.3, -0.25) is 24.1 Å². The minimum absolute atomic E-state index is 0.184. The first-order chi connectivity index (χ1) is 14.9. The Labute approximate surface area is 179 Å². The first kappa shape index (κ1) is 20.5. The lowest BCUT2D eigenvalue weighted by Crippen LogP contribution is -2.41. The summed E-state index contributed by atoms with van der Waals surface area (Å²) >= 11 is 0. The van der Waals surface area contributed by atoms with Gasteiger partial charge >= 0.3 is 0 Å². The molecule has 9 nitrogen and oxygen atoms in total. The summed E-state index contributed by atoms with van der Waals surface area (Å²) in [6, 6.07) is 9.93. The number of amides is 4. The molecule has 0 radical (unpaired) electrons. The van der Waals surface area contributed by atoms with Crippen molar-refractivity contribution in [3.63, 3.8) is 0 Å². The number of nitrogens with zero attached hydrogens (tertiary/aromatic N) is 3. The summed E-state index contributed by atoms with van der Waals surface area (Å²) in [7, 11) is 0. The molecule has 31 heavy (non-hydrogen) atoms. The molecule has 4 rings (SSSR count). The van der Waals surface area contributed by atoms with E-state index in [-0.39, 0.29) is 42.4 Å². The number of hydrogen-bond acceptors (Lipinski definition) is 6. The second-order valence-corrected chi connectivity index (χ2v) is 7.72. The molecule has 1 aromatic carbocycles. The van der Waals surface area contributed by atoms with Crippen molar-refractivity contribution in [3.05, 3.63) is 48.2 Å². The lowest BCUT2D eigenvalue weighted by Gasteiger charge is -2.32. The van der Waals surface area contributed by atoms with E-state index < -0.39 is 0 Å². The molecule has 1 atom stereocenters. The van der Waals surface area contributed by atoms with Crippen LogP contribution in [0.25, 0.3) is 0 Å². The molecule has 2 aliphatic heterocycles. The molecular weight excluding hydrogens is 398 g/mol. The maximum Gasteiger partial charge on any atom is 0.255 e. The van der Waals surface area contributed by atoms with Crippen LogP contribution in [0.2, 0.25) is 0 Å². The smallest absolute Gasteiger partial charge is 0.255 e. The van der Waals surface area contributed by atoms with Crippen molar-refractivity contribution < 1.29 is 19.2 Å². The molecular formula is C22H23N5O4. The second-order valence-electron chi connectivity index (χ2n) is 7.72. The minimum atomic E-state index is -0.373. The van der Waals surface area contributed by atoms with Gasteiger partial charge in [0.15, 0.2) is 0 Å². The molecule has 0 aliphatic carbocycles. The van der Waals surface area contributed by atoms with Crippen LogP contribution in [0.1, 0.15) is 36.0 Å². The molecule has 2 saturated heterocycles. The molecule has 0 saturated carbocycles. The Hall–Kier alpha value is -3.75. The number of piperidine rings is 1. The van der Waals surface area contributed by atoms with Gasteiger partial charge < -0.3 is 16.0 Å². The summed E-state index contributed by atoms with van der Waals surface area (Å²) in [5.41, 5.74) is 6.66. The fraction of sp³-hybridized carbons (Fsp3) is 0.318. The maximum atomic E-state index is 12.7. The number of pyridine rings is 1. The molecule has 9 heteroatoms. The minimum Gasteiger partial charge on any atom is -0.369 e. The number of primary amides is 1. The van der Waals surface area contributed by atoms with Crippen LogP contribution in [0.4, 0.5) is 17.2 Å². The summed E-state index contributed by atoms with van der Waals surface area (Å²) < 4.78 is 0. The number of nitrogens with one attached hydrogen (secondary N) is 1. The van der Waals surface area contributed by atoms with Gasteiger partial charge in [0.25, 0.3) is 5.91 Å². The van der Waals surface area contributed by atoms with E-state index in [4.69, 9.17) is 5.73 Å². The Morgan fingerprint density at radius 3 is 2.55 bits per heavy atom. The third kappa shape index (κ3) is 4.40. The fourth-order valence-electron chi connectivity index (χ4n) is 3.92. The van der Waals surface area contributed by atoms with E-state index in [1.54, 1.807) is 36.5 Å². The molecule has 0 bridgehead atoms. The van der Waals surface area contributed by atoms with Crippen molar-refractivity contribution in [3.8, 4) is 0 Å². The standard InChI is InChI=1S/C22H23N5O4/c23-21(30)15-4-2-10-26(13-15)18-7-6-16(12-24-18)25-22(31)14-3-1-5-17(11-14)27-19(28)8-9-20(27)29/h1,3,5-7,11-12,15H,2,4,8-10,13H2,(H2,23,30)(H,25,31). The van der Waals surface area contributed by atoms with Crippen molar-refractivity contribution in [2.24, 2.45) is 11.7 Å². The SMILES string of the molecule is NC(=O)C1CCCN(c2ccc(NC(=O)c3cccc(N4C(=O)CCC4=O)c3)cn2)C1. The van der Waals surface area contributed by atoms with E-state index in [1.807, 2.05) is 4.90 Å². The lowest BCUT2D eigenvalue weighted by molar-refractivity contribution is -0.122. The summed E-state index contributed by atoms with van der Waals surface area (Å²) in [6.07, 6.45) is 3.58. The molecule has 2 aromatic rings. The first-order valence-electron chi connectivity index (χ1n) is 10.2. The summed E-state index contributed by atoms with van der Waals surface area (Å²) in [5.74, 6) is -0.666. The van der Waals surface area contributed by atoms with Crippen LogP contribution in [0.5, 0.6) is 0 Å². The zero-order valence-electron chi connectivity index (χ0n) is 16.9. The normalized spacial score (nSPS) is 18.9. The second kappa shape index (κ2) is 8.55. The van der Waals surface area contributed by atoms with Gasteiger partial charge in [0.05, 0.1) is 23.5 Å². The lowest BCUT2D eigenvalue weighted by atomic mass is 9.97. The molecule has 3 N–H and O–H groups in total. The Kier molecular flexibility index (Phi) is 5.66. The molecule has 3 heterocycles. The predicted octanol–water partition coefficient (Wildman–Crippen LogP) is 1.69. The first-order valence-corrected chi connectivity index (χ1v) is 10.2. The third-order valence-electron chi connectivity index (χ3n) is 5.57. The summed E-state index contributed by atoms with van der Waals surface area (Å²) in [6.45, 7) is 1.33. The number of nitrogens with two attached hydrogens (primary N) is 1. The highest BCUT2D eigenvalue weighted by Gasteiger charge is 2.30. The Balaban J connectivity index is 1.43. The van der Waals surface area contributed by atoms with Crippen LogP contribution in [-0.2, 0) is 14.4 Å². The zero-order valence-corrected chi connectivity index (χ0v) is 16.9. The molecule has 0 spiro atoms. The van der Waals surface area contributed by atoms with Gasteiger partial charge in [-0.1, -0.05) is 6.07 Å². The highest BCUT2D eigenvalue weighted by atomic mass is 16.2. The Morgan fingerprint density at radius 1 is 1.10 bits per heavy atom. The highest BCUT2D eigenvalue weighted by molar-refractivity contribution is 6.20. The van der Waals surface area contributed by atoms with Crippen LogP contribution in [0.15, 0.2) is 42.6 Å². The molecule has 1 aromatic heterocycles. The van der Waals surface area contributed by atoms with E-state index in [0.717, 1.165) is 30.1 Å². The predicted molar refractivity (Wildman–Crippen MR) is 114 cm³/mol. The summed E-state index contributed by atoms with van der Waals surface area (Å²) in [5, 5.41) is 2.77. The zero-order chi connectivity index (χ0) is 22.0. The van der Waals surface area contributed by atoms with Gasteiger partial charge in [0, 0.05) is 31.5 Å². The Bertz CT molecular complexity index is 1020. The average molecular weight is 421 g/mol. The topological polar surface area (TPSA) is 126 Å². The van der Waals surface area contributed by atoms with Crippen LogP contribution < -0.4 is 20.9 Å². The van der Waals surface area contributed by atoms with E-state index in [9.17, 15) is 19.2 Å². The van der Waals surface area contributed by atoms with Crippen LogP contribution >= 0.6 is 0 Å². The van der Waals surface area contributed by atoms with Gasteiger partial charge in [-0.25, -0.2) is 4.98 Å². The van der Waals surface area contributed by atoms with E-state index in [2.05, 4.69) is 10.3 Å². The quantitative estimate of drug-likeness (QED) is 0.708. The van der Waals surface area contributed by atoms with E-state index in [1.165, 1.54) is 6.07 Å². The number of anilines is 3. The molecule has 4 amide bonds. The monoisotopic (exact) mass is 421 g/mol. The molecule has 2 fully saturated rings. The van der Waals surface area contributed by atoms with Crippen molar-refractivity contribution >= 4 is 40.8 Å². The fourth-order valence-corrected chi connectivity index (χ4v) is 3.92. The number of benzene rings is 1. The van der Waals surface area contributed by atoms with Gasteiger partial charge in [-0.05, 0) is 43.2 Å². The average Bonchev–Trinajstić information content (AvgIpc) is 3.12. The van der Waals surface area contributed by atoms with Crippen molar-refractivity contribution in [1.29, 1.82) is 0 Å². The third-order valence-corrected chi connectivity index (χ3v) is 5.57. The largest absolute Gasteiger partial charge is 0.369 e. The summed E-state index contributed by atoms with van der Waals surface area (Å²) in [4.78, 5) is 55.6. The van der Waals surface area contributed by atoms with Gasteiger partial charge in [-0.2, -0.15) is 0 Å². The van der Waals surface area contributed by atoms with Crippen LogP contribution in [0.3, 0.4) is 0 Å². The number of carbonyl (C=O) groups excluding carboxylic acids is 4. The van der Waals surface area contributed by atoms with Crippen LogP contribution in [-0.4, -0.2) is 41.7 Å². The van der Waals surface area contributed by atoms with Crippen molar-refractivity contribution in [2.45, 2.75) is 25.7 Å². The molecule has 1 unspecified atom stereocenters. The van der Waals surface area contributed by atoms with Gasteiger partial charge in [-0.15, -0.1) is 0 Å². The number of aromatic nitrogens is 1. The van der Waals surface area contributed by atoms with Gasteiger partial charge in [0.2, 0.25) is 17.7 Å². The maximum absolute atomic E-state index is 12.7. The van der Waals surface area contributed by atoms with Crippen molar-refractivity contribution in [2.75, 3.05) is 28.2 Å². The van der Waals surface area contributed by atoms with Crippen molar-refractivity contribution in [1.82, 2.24) is 4.98 Å². The number of carbonyl (C=O) groups is 4. The van der Waals surface area contributed by atoms with Crippen LogP contribution in [0, 0.1) is 5.92 Å². The number of rotatable bonds is 5.